The Morgan fingerprint density at radius 1 is 1.32 bits per heavy atom. The standard InChI is InChI=1S/C17H18F2N2O4/c1-8-15(10(3)22)9(2)20-16(8)17(24)25-7-14(23)21-13-6-11(18)4-5-12(13)19/h4-6,10,20,22H,7H2,1-3H3,(H,21,23)/t10-/m0/s1. The highest BCUT2D eigenvalue weighted by Gasteiger charge is 2.21. The first-order chi connectivity index (χ1) is 11.7. The minimum Gasteiger partial charge on any atom is -0.451 e. The number of aryl methyl sites for hydroxylation is 1. The van der Waals surface area contributed by atoms with Crippen LogP contribution in [0.4, 0.5) is 14.5 Å². The van der Waals surface area contributed by atoms with E-state index in [0.717, 1.165) is 18.2 Å². The van der Waals surface area contributed by atoms with Crippen molar-refractivity contribution in [2.24, 2.45) is 0 Å². The Morgan fingerprint density at radius 3 is 2.60 bits per heavy atom. The number of nitrogens with one attached hydrogen (secondary N) is 2. The number of amides is 1. The van der Waals surface area contributed by atoms with Crippen molar-refractivity contribution in [1.29, 1.82) is 0 Å². The molecule has 0 aliphatic heterocycles. The van der Waals surface area contributed by atoms with Gasteiger partial charge in [-0.15, -0.1) is 0 Å². The van der Waals surface area contributed by atoms with E-state index >= 15 is 0 Å². The topological polar surface area (TPSA) is 91.4 Å². The van der Waals surface area contributed by atoms with Crippen LogP contribution in [-0.4, -0.2) is 28.6 Å². The van der Waals surface area contributed by atoms with Crippen LogP contribution in [0.2, 0.25) is 0 Å². The lowest BCUT2D eigenvalue weighted by atomic mass is 10.1. The lowest BCUT2D eigenvalue weighted by Crippen LogP contribution is -2.22. The van der Waals surface area contributed by atoms with Gasteiger partial charge in [-0.05, 0) is 38.5 Å². The third kappa shape index (κ3) is 4.21. The summed E-state index contributed by atoms with van der Waals surface area (Å²) < 4.78 is 31.4. The Labute approximate surface area is 142 Å². The number of esters is 1. The van der Waals surface area contributed by atoms with E-state index in [2.05, 4.69) is 10.3 Å². The first kappa shape index (κ1) is 18.6. The maximum absolute atomic E-state index is 13.5. The number of aromatic nitrogens is 1. The summed E-state index contributed by atoms with van der Waals surface area (Å²) in [6.45, 7) is 4.24. The summed E-state index contributed by atoms with van der Waals surface area (Å²) in [5.74, 6) is -3.12. The highest BCUT2D eigenvalue weighted by atomic mass is 19.1. The number of halogens is 2. The zero-order valence-corrected chi connectivity index (χ0v) is 13.9. The van der Waals surface area contributed by atoms with E-state index in [1.165, 1.54) is 0 Å². The number of rotatable bonds is 5. The Balaban J connectivity index is 2.01. The summed E-state index contributed by atoms with van der Waals surface area (Å²) in [6.07, 6.45) is -0.767. The van der Waals surface area contributed by atoms with E-state index in [1.54, 1.807) is 20.8 Å². The third-order valence-electron chi connectivity index (χ3n) is 3.65. The molecular formula is C17H18F2N2O4. The fraction of sp³-hybridized carbons (Fsp3) is 0.294. The maximum atomic E-state index is 13.5. The number of aromatic amines is 1. The van der Waals surface area contributed by atoms with Crippen LogP contribution >= 0.6 is 0 Å². The van der Waals surface area contributed by atoms with Crippen LogP contribution in [-0.2, 0) is 9.53 Å². The Morgan fingerprint density at radius 2 is 2.00 bits per heavy atom. The maximum Gasteiger partial charge on any atom is 0.355 e. The number of H-pyrrole nitrogens is 1. The van der Waals surface area contributed by atoms with E-state index in [9.17, 15) is 23.5 Å². The molecule has 1 aromatic heterocycles. The smallest absolute Gasteiger partial charge is 0.355 e. The molecule has 6 nitrogen and oxygen atoms in total. The second-order valence-corrected chi connectivity index (χ2v) is 5.59. The summed E-state index contributed by atoms with van der Waals surface area (Å²) in [7, 11) is 0. The first-order valence-electron chi connectivity index (χ1n) is 7.49. The van der Waals surface area contributed by atoms with Gasteiger partial charge >= 0.3 is 5.97 Å². The van der Waals surface area contributed by atoms with Gasteiger partial charge in [-0.25, -0.2) is 13.6 Å². The van der Waals surface area contributed by atoms with Crippen molar-refractivity contribution < 1.29 is 28.2 Å². The van der Waals surface area contributed by atoms with Crippen LogP contribution < -0.4 is 5.32 Å². The van der Waals surface area contributed by atoms with E-state index in [4.69, 9.17) is 4.74 Å². The van der Waals surface area contributed by atoms with Crippen molar-refractivity contribution in [3.63, 3.8) is 0 Å². The monoisotopic (exact) mass is 352 g/mol. The zero-order chi connectivity index (χ0) is 18.7. The molecule has 0 aliphatic carbocycles. The first-order valence-corrected chi connectivity index (χ1v) is 7.49. The molecule has 1 atom stereocenters. The molecule has 0 spiro atoms. The summed E-state index contributed by atoms with van der Waals surface area (Å²) >= 11 is 0. The predicted octanol–water partition coefficient (Wildman–Crippen LogP) is 2.76. The van der Waals surface area contributed by atoms with Crippen LogP contribution in [0.5, 0.6) is 0 Å². The van der Waals surface area contributed by atoms with Gasteiger partial charge < -0.3 is 20.1 Å². The molecule has 2 aromatic rings. The number of aliphatic hydroxyl groups excluding tert-OH is 1. The molecule has 1 aromatic carbocycles. The number of benzene rings is 1. The summed E-state index contributed by atoms with van der Waals surface area (Å²) in [5, 5.41) is 11.8. The van der Waals surface area contributed by atoms with Crippen molar-refractivity contribution in [3.8, 4) is 0 Å². The van der Waals surface area contributed by atoms with Crippen LogP contribution in [0.1, 0.15) is 40.3 Å². The average molecular weight is 352 g/mol. The van der Waals surface area contributed by atoms with Crippen LogP contribution in [0.15, 0.2) is 18.2 Å². The normalized spacial score (nSPS) is 11.9. The van der Waals surface area contributed by atoms with Gasteiger partial charge in [-0.1, -0.05) is 0 Å². The number of anilines is 1. The summed E-state index contributed by atoms with van der Waals surface area (Å²) in [6, 6.07) is 2.61. The molecule has 0 saturated heterocycles. The van der Waals surface area contributed by atoms with Crippen LogP contribution in [0, 0.1) is 25.5 Å². The van der Waals surface area contributed by atoms with E-state index in [1.807, 2.05) is 0 Å². The van der Waals surface area contributed by atoms with Crippen LogP contribution in [0.25, 0.3) is 0 Å². The van der Waals surface area contributed by atoms with E-state index in [-0.39, 0.29) is 11.4 Å². The number of aliphatic hydroxyl groups is 1. The van der Waals surface area contributed by atoms with Gasteiger partial charge in [0.1, 0.15) is 17.3 Å². The fourth-order valence-electron chi connectivity index (χ4n) is 2.58. The fourth-order valence-corrected chi connectivity index (χ4v) is 2.58. The number of ether oxygens (including phenoxy) is 1. The zero-order valence-electron chi connectivity index (χ0n) is 13.9. The van der Waals surface area contributed by atoms with Gasteiger partial charge in [0.05, 0.1) is 11.8 Å². The molecule has 0 bridgehead atoms. The molecule has 1 heterocycles. The van der Waals surface area contributed by atoms with E-state index in [0.29, 0.717) is 16.8 Å². The van der Waals surface area contributed by atoms with Crippen molar-refractivity contribution in [1.82, 2.24) is 4.98 Å². The molecule has 0 saturated carbocycles. The minimum absolute atomic E-state index is 0.123. The molecule has 0 aliphatic rings. The minimum atomic E-state index is -0.811. The molecule has 8 heteroatoms. The highest BCUT2D eigenvalue weighted by molar-refractivity contribution is 5.95. The van der Waals surface area contributed by atoms with Gasteiger partial charge in [0.2, 0.25) is 0 Å². The van der Waals surface area contributed by atoms with Gasteiger partial charge in [-0.2, -0.15) is 0 Å². The largest absolute Gasteiger partial charge is 0.451 e. The van der Waals surface area contributed by atoms with Gasteiger partial charge in [-0.3, -0.25) is 4.79 Å². The lowest BCUT2D eigenvalue weighted by Gasteiger charge is -2.08. The molecule has 2 rings (SSSR count). The Bertz CT molecular complexity index is 815. The van der Waals surface area contributed by atoms with Gasteiger partial charge in [0.25, 0.3) is 5.91 Å². The highest BCUT2D eigenvalue weighted by Crippen LogP contribution is 2.24. The number of carbonyl (C=O) groups is 2. The molecule has 0 unspecified atom stereocenters. The molecule has 0 radical (unpaired) electrons. The van der Waals surface area contributed by atoms with Crippen molar-refractivity contribution in [3.05, 3.63) is 52.3 Å². The lowest BCUT2D eigenvalue weighted by molar-refractivity contribution is -0.119. The number of hydrogen-bond donors (Lipinski definition) is 3. The van der Waals surface area contributed by atoms with Crippen molar-refractivity contribution in [2.75, 3.05) is 11.9 Å². The molecule has 3 N–H and O–H groups in total. The molecule has 1 amide bonds. The second-order valence-electron chi connectivity index (χ2n) is 5.59. The van der Waals surface area contributed by atoms with Crippen LogP contribution in [0.3, 0.4) is 0 Å². The Hall–Kier alpha value is -2.74. The quantitative estimate of drug-likeness (QED) is 0.722. The SMILES string of the molecule is Cc1[nH]c(C(=O)OCC(=O)Nc2cc(F)ccc2F)c(C)c1[C@H](C)O. The summed E-state index contributed by atoms with van der Waals surface area (Å²) in [5.41, 5.74) is 1.50. The molecule has 134 valence electrons. The van der Waals surface area contributed by atoms with Gasteiger partial charge in [0, 0.05) is 17.3 Å². The average Bonchev–Trinajstić information content (AvgIpc) is 2.83. The number of hydrogen-bond acceptors (Lipinski definition) is 4. The number of carbonyl (C=O) groups excluding carboxylic acids is 2. The van der Waals surface area contributed by atoms with Crippen molar-refractivity contribution >= 4 is 17.6 Å². The second kappa shape index (κ2) is 7.43. The molecule has 25 heavy (non-hydrogen) atoms. The Kier molecular flexibility index (Phi) is 5.53. The van der Waals surface area contributed by atoms with Crippen molar-refractivity contribution in [2.45, 2.75) is 26.9 Å². The molecule has 0 fully saturated rings. The van der Waals surface area contributed by atoms with Gasteiger partial charge in [0.15, 0.2) is 6.61 Å². The molecular weight excluding hydrogens is 334 g/mol. The van der Waals surface area contributed by atoms with E-state index < -0.39 is 36.2 Å². The third-order valence-corrected chi connectivity index (χ3v) is 3.65. The predicted molar refractivity (Wildman–Crippen MR) is 86.2 cm³/mol. The summed E-state index contributed by atoms with van der Waals surface area (Å²) in [4.78, 5) is 26.6.